The first-order chi connectivity index (χ1) is 4.77. The fourth-order valence-corrected chi connectivity index (χ4v) is 2.01. The van der Waals surface area contributed by atoms with Gasteiger partial charge < -0.3 is 0 Å². The van der Waals surface area contributed by atoms with Crippen molar-refractivity contribution in [3.63, 3.8) is 0 Å². The van der Waals surface area contributed by atoms with Gasteiger partial charge in [0.25, 0.3) is 0 Å². The predicted molar refractivity (Wildman–Crippen MR) is 52.3 cm³/mol. The quantitative estimate of drug-likeness (QED) is 0.429. The fraction of sp³-hybridized carbons (Fsp3) is 1.00. The first-order valence-electron chi connectivity index (χ1n) is 3.86. The molecule has 0 N–H and O–H groups in total. The Labute approximate surface area is 74.6 Å². The molecule has 0 aliphatic rings. The van der Waals surface area contributed by atoms with Crippen LogP contribution in [0.4, 0.5) is 0 Å². The molecule has 0 aromatic heterocycles. The molecule has 62 valence electrons. The molecule has 3 heteroatoms. The van der Waals surface area contributed by atoms with E-state index in [-0.39, 0.29) is 0 Å². The van der Waals surface area contributed by atoms with E-state index in [4.69, 9.17) is 22.5 Å². The van der Waals surface area contributed by atoms with Gasteiger partial charge in [-0.3, -0.25) is 0 Å². The van der Waals surface area contributed by atoms with Gasteiger partial charge in [-0.1, -0.05) is 55.1 Å². The normalized spacial score (nSPS) is 10.8. The van der Waals surface area contributed by atoms with Crippen molar-refractivity contribution < 1.29 is 0 Å². The van der Waals surface area contributed by atoms with Crippen molar-refractivity contribution in [2.75, 3.05) is 6.16 Å². The smallest absolute Gasteiger partial charge is 0.0781 e. The highest BCUT2D eigenvalue weighted by Gasteiger charge is 1.96. The van der Waals surface area contributed by atoms with E-state index in [0.717, 1.165) is 6.16 Å². The van der Waals surface area contributed by atoms with E-state index in [9.17, 15) is 0 Å². The molecule has 0 aromatic rings. The minimum Gasteiger partial charge on any atom is -0.0781 e. The number of hydrogen-bond acceptors (Lipinski definition) is 0. The molecule has 0 atom stereocenters. The average molecular weight is 201 g/mol. The van der Waals surface area contributed by atoms with Crippen molar-refractivity contribution in [1.82, 2.24) is 0 Å². The Morgan fingerprint density at radius 3 is 2.10 bits per heavy atom. The van der Waals surface area contributed by atoms with Crippen LogP contribution in [-0.4, -0.2) is 6.16 Å². The van der Waals surface area contributed by atoms with Crippen LogP contribution >= 0.6 is 29.1 Å². The van der Waals surface area contributed by atoms with Crippen LogP contribution in [0.1, 0.15) is 39.0 Å². The fourth-order valence-electron chi connectivity index (χ4n) is 0.835. The largest absolute Gasteiger partial charge is 0.0854 e. The van der Waals surface area contributed by atoms with Gasteiger partial charge in [0.15, 0.2) is 0 Å². The third-order valence-electron chi connectivity index (χ3n) is 1.43. The number of rotatable bonds is 6. The lowest BCUT2D eigenvalue weighted by atomic mass is 10.2. The van der Waals surface area contributed by atoms with Crippen molar-refractivity contribution in [3.8, 4) is 0 Å². The molecule has 0 aliphatic heterocycles. The van der Waals surface area contributed by atoms with Crippen LogP contribution in [-0.2, 0) is 0 Å². The van der Waals surface area contributed by atoms with Crippen LogP contribution in [0, 0.1) is 0 Å². The zero-order valence-electron chi connectivity index (χ0n) is 6.45. The molecule has 0 saturated heterocycles. The Morgan fingerprint density at radius 1 is 1.00 bits per heavy atom. The molecule has 0 bridgehead atoms. The van der Waals surface area contributed by atoms with E-state index in [0.29, 0.717) is 0 Å². The van der Waals surface area contributed by atoms with Crippen LogP contribution in [0.5, 0.6) is 0 Å². The third-order valence-corrected chi connectivity index (χ3v) is 3.10. The van der Waals surface area contributed by atoms with Crippen molar-refractivity contribution >= 4 is 29.1 Å². The molecular weight excluding hydrogens is 186 g/mol. The second kappa shape index (κ2) is 8.11. The van der Waals surface area contributed by atoms with E-state index in [1.165, 1.54) is 32.1 Å². The summed E-state index contributed by atoms with van der Waals surface area (Å²) in [5.74, 6) is 0. The van der Waals surface area contributed by atoms with E-state index < -0.39 is 6.63 Å². The van der Waals surface area contributed by atoms with Crippen molar-refractivity contribution in [1.29, 1.82) is 0 Å². The topological polar surface area (TPSA) is 0 Å². The molecule has 0 unspecified atom stereocenters. The summed E-state index contributed by atoms with van der Waals surface area (Å²) in [5.41, 5.74) is 0. The number of unbranched alkanes of at least 4 members (excludes halogenated alkanes) is 4. The van der Waals surface area contributed by atoms with Gasteiger partial charge in [-0.05, 0) is 12.6 Å². The Kier molecular flexibility index (Phi) is 8.93. The van der Waals surface area contributed by atoms with Gasteiger partial charge in [0.2, 0.25) is 0 Å². The number of halogens is 2. The maximum Gasteiger partial charge on any atom is 0.0854 e. The molecule has 0 heterocycles. The highest BCUT2D eigenvalue weighted by Crippen LogP contribution is 2.47. The van der Waals surface area contributed by atoms with Gasteiger partial charge in [-0.25, -0.2) is 0 Å². The molecular formula is C7H15Cl2P. The van der Waals surface area contributed by atoms with Crippen LogP contribution in [0.15, 0.2) is 0 Å². The van der Waals surface area contributed by atoms with Gasteiger partial charge in [-0.2, -0.15) is 0 Å². The SMILES string of the molecule is CCCCCCCP(Cl)Cl. The molecule has 0 fully saturated rings. The van der Waals surface area contributed by atoms with Gasteiger partial charge in [0.1, 0.15) is 0 Å². The first-order valence-corrected chi connectivity index (χ1v) is 7.20. The van der Waals surface area contributed by atoms with Crippen molar-refractivity contribution in [2.24, 2.45) is 0 Å². The lowest BCUT2D eigenvalue weighted by molar-refractivity contribution is 0.659. The lowest BCUT2D eigenvalue weighted by Gasteiger charge is -1.99. The van der Waals surface area contributed by atoms with E-state index in [1.807, 2.05) is 0 Å². The maximum atomic E-state index is 5.62. The van der Waals surface area contributed by atoms with Crippen LogP contribution in [0.25, 0.3) is 0 Å². The minimum absolute atomic E-state index is 0.677. The van der Waals surface area contributed by atoms with E-state index in [1.54, 1.807) is 0 Å². The monoisotopic (exact) mass is 200 g/mol. The summed E-state index contributed by atoms with van der Waals surface area (Å²) in [4.78, 5) is 0. The summed E-state index contributed by atoms with van der Waals surface area (Å²) < 4.78 is 0. The van der Waals surface area contributed by atoms with Crippen LogP contribution in [0.3, 0.4) is 0 Å². The summed E-state index contributed by atoms with van der Waals surface area (Å²) in [6.07, 6.45) is 7.51. The Morgan fingerprint density at radius 2 is 1.60 bits per heavy atom. The van der Waals surface area contributed by atoms with Gasteiger partial charge in [0.05, 0.1) is 6.63 Å². The van der Waals surface area contributed by atoms with Crippen molar-refractivity contribution in [3.05, 3.63) is 0 Å². The van der Waals surface area contributed by atoms with Gasteiger partial charge >= 0.3 is 0 Å². The third kappa shape index (κ3) is 9.01. The summed E-state index contributed by atoms with van der Waals surface area (Å²) >= 11 is 11.2. The minimum atomic E-state index is -0.677. The molecule has 0 rings (SSSR count). The standard InChI is InChI=1S/C7H15Cl2P/c1-2-3-4-5-6-7-10(8)9/h2-7H2,1H3. The van der Waals surface area contributed by atoms with E-state index in [2.05, 4.69) is 6.92 Å². The zero-order valence-corrected chi connectivity index (χ0v) is 8.85. The highest BCUT2D eigenvalue weighted by atomic mass is 35.9. The van der Waals surface area contributed by atoms with Gasteiger partial charge in [-0.15, -0.1) is 0 Å². The molecule has 0 nitrogen and oxygen atoms in total. The predicted octanol–water partition coefficient (Wildman–Crippen LogP) is 4.75. The van der Waals surface area contributed by atoms with E-state index >= 15 is 0 Å². The molecule has 0 amide bonds. The molecule has 0 aliphatic carbocycles. The Balaban J connectivity index is 2.77. The highest BCUT2D eigenvalue weighted by molar-refractivity contribution is 8.03. The zero-order chi connectivity index (χ0) is 7.82. The van der Waals surface area contributed by atoms with Crippen molar-refractivity contribution in [2.45, 2.75) is 39.0 Å². The summed E-state index contributed by atoms with van der Waals surface area (Å²) in [7, 11) is 0. The van der Waals surface area contributed by atoms with Gasteiger partial charge in [0, 0.05) is 0 Å². The first kappa shape index (κ1) is 11.0. The Hall–Kier alpha value is 1.01. The molecule has 10 heavy (non-hydrogen) atoms. The molecule has 0 saturated carbocycles. The summed E-state index contributed by atoms with van der Waals surface area (Å²) in [6.45, 7) is 1.54. The summed E-state index contributed by atoms with van der Waals surface area (Å²) in [5, 5.41) is 0. The maximum absolute atomic E-state index is 5.62. The molecule has 0 spiro atoms. The van der Waals surface area contributed by atoms with Crippen LogP contribution in [0.2, 0.25) is 0 Å². The summed E-state index contributed by atoms with van der Waals surface area (Å²) in [6, 6.07) is 0. The Bertz CT molecular complexity index is 66.6. The number of hydrogen-bond donors (Lipinski definition) is 0. The molecule has 0 radical (unpaired) electrons. The average Bonchev–Trinajstić information content (AvgIpc) is 1.87. The molecule has 0 aromatic carbocycles. The van der Waals surface area contributed by atoms with Crippen LogP contribution < -0.4 is 0 Å². The second-order valence-electron chi connectivity index (χ2n) is 2.44. The lowest BCUT2D eigenvalue weighted by Crippen LogP contribution is -1.79. The second-order valence-corrected chi connectivity index (χ2v) is 6.46.